The number of benzene rings is 2. The zero-order chi connectivity index (χ0) is 23.5. The van der Waals surface area contributed by atoms with E-state index < -0.39 is 6.04 Å². The molecule has 7 nitrogen and oxygen atoms in total. The first-order valence-corrected chi connectivity index (χ1v) is 11.5. The lowest BCUT2D eigenvalue weighted by Gasteiger charge is -2.23. The summed E-state index contributed by atoms with van der Waals surface area (Å²) in [5.41, 5.74) is 1.39. The van der Waals surface area contributed by atoms with Crippen LogP contribution in [0.1, 0.15) is 48.0 Å². The Kier molecular flexibility index (Phi) is 9.57. The SMILES string of the molecule is COc1ccc(CNC(=O)[C@H](COCC2CCCCC2)NC(=O)c2ccc(OC)cc2)cc1. The van der Waals surface area contributed by atoms with Gasteiger partial charge in [0.2, 0.25) is 5.91 Å². The van der Waals surface area contributed by atoms with E-state index in [1.807, 2.05) is 24.3 Å². The van der Waals surface area contributed by atoms with Gasteiger partial charge in [0.1, 0.15) is 17.5 Å². The van der Waals surface area contributed by atoms with Crippen molar-refractivity contribution in [1.29, 1.82) is 0 Å². The van der Waals surface area contributed by atoms with Crippen molar-refractivity contribution in [3.8, 4) is 11.5 Å². The molecule has 178 valence electrons. The number of rotatable bonds is 11. The topological polar surface area (TPSA) is 85.9 Å². The molecule has 1 saturated carbocycles. The van der Waals surface area contributed by atoms with Gasteiger partial charge in [-0.2, -0.15) is 0 Å². The molecule has 2 aromatic carbocycles. The molecule has 2 N–H and O–H groups in total. The number of carbonyl (C=O) groups is 2. The van der Waals surface area contributed by atoms with Crippen LogP contribution in [-0.4, -0.2) is 45.3 Å². The molecule has 0 aliphatic heterocycles. The van der Waals surface area contributed by atoms with Crippen molar-refractivity contribution >= 4 is 11.8 Å². The Labute approximate surface area is 195 Å². The maximum Gasteiger partial charge on any atom is 0.252 e. The van der Waals surface area contributed by atoms with E-state index in [0.717, 1.165) is 24.2 Å². The summed E-state index contributed by atoms with van der Waals surface area (Å²) in [5, 5.41) is 5.73. The van der Waals surface area contributed by atoms with E-state index in [1.165, 1.54) is 19.3 Å². The minimum Gasteiger partial charge on any atom is -0.497 e. The molecule has 3 rings (SSSR count). The first kappa shape index (κ1) is 24.6. The maximum atomic E-state index is 12.9. The highest BCUT2D eigenvalue weighted by atomic mass is 16.5. The molecule has 33 heavy (non-hydrogen) atoms. The third-order valence-electron chi connectivity index (χ3n) is 5.96. The van der Waals surface area contributed by atoms with Gasteiger partial charge in [-0.25, -0.2) is 0 Å². The Morgan fingerprint density at radius 2 is 1.52 bits per heavy atom. The van der Waals surface area contributed by atoms with E-state index in [-0.39, 0.29) is 18.4 Å². The number of nitrogens with one attached hydrogen (secondary N) is 2. The molecule has 1 fully saturated rings. The summed E-state index contributed by atoms with van der Waals surface area (Å²) < 4.78 is 16.2. The number of hydrogen-bond acceptors (Lipinski definition) is 5. The van der Waals surface area contributed by atoms with Gasteiger partial charge in [0, 0.05) is 18.7 Å². The first-order valence-electron chi connectivity index (χ1n) is 11.5. The molecular formula is C26H34N2O5. The summed E-state index contributed by atoms with van der Waals surface area (Å²) in [6, 6.07) is 13.5. The highest BCUT2D eigenvalue weighted by Crippen LogP contribution is 2.23. The van der Waals surface area contributed by atoms with Crippen LogP contribution in [0, 0.1) is 5.92 Å². The van der Waals surface area contributed by atoms with E-state index >= 15 is 0 Å². The molecule has 2 amide bonds. The number of carbonyl (C=O) groups excluding carboxylic acids is 2. The van der Waals surface area contributed by atoms with Crippen LogP contribution in [0.2, 0.25) is 0 Å². The normalized spacial score (nSPS) is 14.8. The zero-order valence-corrected chi connectivity index (χ0v) is 19.5. The molecule has 7 heteroatoms. The van der Waals surface area contributed by atoms with E-state index in [1.54, 1.807) is 38.5 Å². The Hall–Kier alpha value is -3.06. The van der Waals surface area contributed by atoms with Gasteiger partial charge in [-0.15, -0.1) is 0 Å². The minimum atomic E-state index is -0.790. The molecular weight excluding hydrogens is 420 g/mol. The van der Waals surface area contributed by atoms with Crippen LogP contribution in [0.4, 0.5) is 0 Å². The molecule has 0 unspecified atom stereocenters. The number of amides is 2. The van der Waals surface area contributed by atoms with Gasteiger partial charge in [-0.3, -0.25) is 9.59 Å². The molecule has 0 bridgehead atoms. The summed E-state index contributed by atoms with van der Waals surface area (Å²) in [5.74, 6) is 1.33. The van der Waals surface area contributed by atoms with E-state index in [2.05, 4.69) is 10.6 Å². The molecule has 2 aromatic rings. The van der Waals surface area contributed by atoms with Gasteiger partial charge < -0.3 is 24.8 Å². The largest absolute Gasteiger partial charge is 0.497 e. The third kappa shape index (κ3) is 7.79. The minimum absolute atomic E-state index is 0.132. The number of methoxy groups -OCH3 is 2. The van der Waals surface area contributed by atoms with Crippen LogP contribution in [0.15, 0.2) is 48.5 Å². The van der Waals surface area contributed by atoms with E-state index in [4.69, 9.17) is 14.2 Å². The summed E-state index contributed by atoms with van der Waals surface area (Å²) in [6.45, 7) is 1.09. The second kappa shape index (κ2) is 12.8. The quantitative estimate of drug-likeness (QED) is 0.541. The molecule has 0 spiro atoms. The van der Waals surface area contributed by atoms with Crippen LogP contribution < -0.4 is 20.1 Å². The Morgan fingerprint density at radius 3 is 2.12 bits per heavy atom. The van der Waals surface area contributed by atoms with Crippen molar-refractivity contribution in [2.45, 2.75) is 44.7 Å². The molecule has 0 aromatic heterocycles. The lowest BCUT2D eigenvalue weighted by Crippen LogP contribution is -2.49. The van der Waals surface area contributed by atoms with Crippen LogP contribution in [0.25, 0.3) is 0 Å². The van der Waals surface area contributed by atoms with E-state index in [9.17, 15) is 9.59 Å². The monoisotopic (exact) mass is 454 g/mol. The summed E-state index contributed by atoms with van der Waals surface area (Å²) in [6.07, 6.45) is 6.06. The van der Waals surface area contributed by atoms with E-state index in [0.29, 0.717) is 30.4 Å². The van der Waals surface area contributed by atoms with Crippen molar-refractivity contribution in [2.75, 3.05) is 27.4 Å². The molecule has 1 aliphatic carbocycles. The summed E-state index contributed by atoms with van der Waals surface area (Å²) in [4.78, 5) is 25.7. The van der Waals surface area contributed by atoms with Crippen LogP contribution in [-0.2, 0) is 16.1 Å². The predicted octanol–water partition coefficient (Wildman–Crippen LogP) is 3.72. The highest BCUT2D eigenvalue weighted by Gasteiger charge is 2.23. The fourth-order valence-corrected chi connectivity index (χ4v) is 3.93. The van der Waals surface area contributed by atoms with Gasteiger partial charge in [0.15, 0.2) is 0 Å². The van der Waals surface area contributed by atoms with Crippen molar-refractivity contribution in [1.82, 2.24) is 10.6 Å². The molecule has 1 aliphatic rings. The van der Waals surface area contributed by atoms with Crippen molar-refractivity contribution in [3.05, 3.63) is 59.7 Å². The smallest absolute Gasteiger partial charge is 0.252 e. The predicted molar refractivity (Wildman–Crippen MR) is 126 cm³/mol. The van der Waals surface area contributed by atoms with Crippen LogP contribution in [0.3, 0.4) is 0 Å². The van der Waals surface area contributed by atoms with Crippen molar-refractivity contribution in [3.63, 3.8) is 0 Å². The fraction of sp³-hybridized carbons (Fsp3) is 0.462. The molecule has 0 radical (unpaired) electrons. The number of ether oxygens (including phenoxy) is 3. The summed E-state index contributed by atoms with van der Waals surface area (Å²) >= 11 is 0. The van der Waals surface area contributed by atoms with Gasteiger partial charge in [-0.05, 0) is 60.7 Å². The van der Waals surface area contributed by atoms with Gasteiger partial charge in [0.05, 0.1) is 20.8 Å². The first-order chi connectivity index (χ1) is 16.1. The van der Waals surface area contributed by atoms with Crippen molar-refractivity contribution in [2.24, 2.45) is 5.92 Å². The van der Waals surface area contributed by atoms with Gasteiger partial charge in [-0.1, -0.05) is 31.4 Å². The van der Waals surface area contributed by atoms with Crippen LogP contribution >= 0.6 is 0 Å². The van der Waals surface area contributed by atoms with Crippen molar-refractivity contribution < 1.29 is 23.8 Å². The second-order valence-corrected chi connectivity index (χ2v) is 8.36. The van der Waals surface area contributed by atoms with Gasteiger partial charge >= 0.3 is 0 Å². The highest BCUT2D eigenvalue weighted by molar-refractivity contribution is 5.97. The molecule has 1 atom stereocenters. The number of hydrogen-bond donors (Lipinski definition) is 2. The fourth-order valence-electron chi connectivity index (χ4n) is 3.93. The third-order valence-corrected chi connectivity index (χ3v) is 5.96. The average molecular weight is 455 g/mol. The zero-order valence-electron chi connectivity index (χ0n) is 19.5. The lowest BCUT2D eigenvalue weighted by molar-refractivity contribution is -0.124. The standard InChI is InChI=1S/C26H34N2O5/c1-31-22-12-8-19(9-13-22)16-27-26(30)24(18-33-17-20-6-4-3-5-7-20)28-25(29)21-10-14-23(32-2)15-11-21/h8-15,20,24H,3-7,16-18H2,1-2H3,(H,27,30)(H,28,29)/t24-/m0/s1. The molecule has 0 heterocycles. The Balaban J connectivity index is 1.59. The average Bonchev–Trinajstić information content (AvgIpc) is 2.87. The Bertz CT molecular complexity index is 877. The van der Waals surface area contributed by atoms with Crippen LogP contribution in [0.5, 0.6) is 11.5 Å². The lowest BCUT2D eigenvalue weighted by atomic mass is 9.90. The maximum absolute atomic E-state index is 12.9. The second-order valence-electron chi connectivity index (χ2n) is 8.36. The van der Waals surface area contributed by atoms with Gasteiger partial charge in [0.25, 0.3) is 5.91 Å². The molecule has 0 saturated heterocycles. The summed E-state index contributed by atoms with van der Waals surface area (Å²) in [7, 11) is 3.18. The Morgan fingerprint density at radius 1 is 0.909 bits per heavy atom.